The van der Waals surface area contributed by atoms with Crippen LogP contribution >= 0.6 is 0 Å². The number of anilines is 2. The van der Waals surface area contributed by atoms with E-state index >= 15 is 0 Å². The molecule has 0 aliphatic heterocycles. The molecule has 0 atom stereocenters. The van der Waals surface area contributed by atoms with Crippen LogP contribution in [0.3, 0.4) is 0 Å². The predicted octanol–water partition coefficient (Wildman–Crippen LogP) is 2.24. The van der Waals surface area contributed by atoms with Gasteiger partial charge in [0.25, 0.3) is 0 Å². The monoisotopic (exact) mass is 306 g/mol. The number of nitrogen functional groups attached to an aromatic ring is 1. The third-order valence-corrected chi connectivity index (χ3v) is 4.19. The molecule has 0 saturated carbocycles. The summed E-state index contributed by atoms with van der Waals surface area (Å²) in [5, 5.41) is 0. The van der Waals surface area contributed by atoms with Crippen LogP contribution in [0.15, 0.2) is 48.5 Å². The van der Waals surface area contributed by atoms with E-state index in [4.69, 9.17) is 10.5 Å². The Bertz CT molecular complexity index is 712. The van der Waals surface area contributed by atoms with Crippen LogP contribution in [0.1, 0.15) is 5.56 Å². The van der Waals surface area contributed by atoms with E-state index in [1.165, 1.54) is 10.6 Å². The Morgan fingerprint density at radius 2 is 1.81 bits per heavy atom. The van der Waals surface area contributed by atoms with Gasteiger partial charge in [-0.2, -0.15) is 0 Å². The van der Waals surface area contributed by atoms with E-state index < -0.39 is 10.0 Å². The van der Waals surface area contributed by atoms with Gasteiger partial charge in [-0.1, -0.05) is 18.2 Å². The molecule has 2 aromatic rings. The summed E-state index contributed by atoms with van der Waals surface area (Å²) in [5.74, 6) is 0.610. The topological polar surface area (TPSA) is 72.6 Å². The summed E-state index contributed by atoms with van der Waals surface area (Å²) in [6.45, 7) is 0.242. The third-order valence-electron chi connectivity index (χ3n) is 3.05. The van der Waals surface area contributed by atoms with Gasteiger partial charge >= 0.3 is 0 Å². The molecule has 6 heteroatoms. The minimum atomic E-state index is -3.40. The van der Waals surface area contributed by atoms with Crippen molar-refractivity contribution in [2.24, 2.45) is 0 Å². The molecule has 112 valence electrons. The Balaban J connectivity index is 2.37. The third kappa shape index (κ3) is 3.88. The Hall–Kier alpha value is -2.21. The minimum absolute atomic E-state index is 0.242. The molecule has 2 aromatic carbocycles. The first-order chi connectivity index (χ1) is 9.90. The second-order valence-electron chi connectivity index (χ2n) is 4.71. The highest BCUT2D eigenvalue weighted by Gasteiger charge is 2.18. The summed E-state index contributed by atoms with van der Waals surface area (Å²) in [6, 6.07) is 14.1. The van der Waals surface area contributed by atoms with E-state index in [1.807, 2.05) is 12.1 Å². The van der Waals surface area contributed by atoms with Gasteiger partial charge in [0, 0.05) is 11.8 Å². The lowest BCUT2D eigenvalue weighted by Crippen LogP contribution is -2.29. The van der Waals surface area contributed by atoms with Crippen molar-refractivity contribution >= 4 is 21.4 Å². The number of nitrogens with zero attached hydrogens (tertiary/aromatic N) is 1. The fraction of sp³-hybridized carbons (Fsp3) is 0.200. The van der Waals surface area contributed by atoms with Crippen molar-refractivity contribution in [3.63, 3.8) is 0 Å². The number of rotatable bonds is 5. The molecular weight excluding hydrogens is 288 g/mol. The molecule has 21 heavy (non-hydrogen) atoms. The van der Waals surface area contributed by atoms with Gasteiger partial charge in [-0.3, -0.25) is 4.31 Å². The lowest BCUT2D eigenvalue weighted by atomic mass is 10.2. The fourth-order valence-corrected chi connectivity index (χ4v) is 2.83. The summed E-state index contributed by atoms with van der Waals surface area (Å²) in [7, 11) is -1.86. The van der Waals surface area contributed by atoms with Gasteiger partial charge in [0.1, 0.15) is 5.75 Å². The number of ether oxygens (including phenoxy) is 1. The SMILES string of the molecule is COc1cccc(N(Cc2ccc(N)cc2)S(C)(=O)=O)c1. The molecule has 0 aromatic heterocycles. The maximum absolute atomic E-state index is 12.1. The number of hydrogen-bond acceptors (Lipinski definition) is 4. The van der Waals surface area contributed by atoms with E-state index in [0.29, 0.717) is 17.1 Å². The van der Waals surface area contributed by atoms with Gasteiger partial charge in [-0.25, -0.2) is 8.42 Å². The van der Waals surface area contributed by atoms with Crippen LogP contribution in [0.2, 0.25) is 0 Å². The van der Waals surface area contributed by atoms with Gasteiger partial charge in [-0.15, -0.1) is 0 Å². The van der Waals surface area contributed by atoms with Gasteiger partial charge < -0.3 is 10.5 Å². The van der Waals surface area contributed by atoms with E-state index in [1.54, 1.807) is 43.5 Å². The van der Waals surface area contributed by atoms with Crippen molar-refractivity contribution in [3.8, 4) is 5.75 Å². The summed E-state index contributed by atoms with van der Waals surface area (Å²) >= 11 is 0. The van der Waals surface area contributed by atoms with Gasteiger partial charge in [0.15, 0.2) is 0 Å². The number of hydrogen-bond donors (Lipinski definition) is 1. The summed E-state index contributed by atoms with van der Waals surface area (Å²) in [5.41, 5.74) is 7.71. The van der Waals surface area contributed by atoms with Crippen LogP contribution in [0.25, 0.3) is 0 Å². The van der Waals surface area contributed by atoms with E-state index in [-0.39, 0.29) is 6.54 Å². The number of sulfonamides is 1. The molecule has 0 heterocycles. The molecule has 2 N–H and O–H groups in total. The van der Waals surface area contributed by atoms with Crippen LogP contribution in [-0.2, 0) is 16.6 Å². The van der Waals surface area contributed by atoms with Crippen LogP contribution in [0.5, 0.6) is 5.75 Å². The lowest BCUT2D eigenvalue weighted by molar-refractivity contribution is 0.415. The van der Waals surface area contributed by atoms with Gasteiger partial charge in [0.05, 0.1) is 25.6 Å². The molecule has 0 aliphatic rings. The maximum Gasteiger partial charge on any atom is 0.232 e. The zero-order valence-corrected chi connectivity index (χ0v) is 12.8. The lowest BCUT2D eigenvalue weighted by Gasteiger charge is -2.23. The summed E-state index contributed by atoms with van der Waals surface area (Å²) in [4.78, 5) is 0. The van der Waals surface area contributed by atoms with E-state index in [2.05, 4.69) is 0 Å². The van der Waals surface area contributed by atoms with Crippen molar-refractivity contribution in [1.29, 1.82) is 0 Å². The molecule has 5 nitrogen and oxygen atoms in total. The Kier molecular flexibility index (Phi) is 4.37. The standard InChI is InChI=1S/C15H18N2O3S/c1-20-15-5-3-4-14(10-15)17(21(2,18)19)11-12-6-8-13(16)9-7-12/h3-10H,11,16H2,1-2H3. The van der Waals surface area contributed by atoms with Crippen molar-refractivity contribution in [2.45, 2.75) is 6.54 Å². The zero-order chi connectivity index (χ0) is 15.5. The molecule has 0 saturated heterocycles. The largest absolute Gasteiger partial charge is 0.497 e. The average molecular weight is 306 g/mol. The maximum atomic E-state index is 12.1. The molecule has 0 amide bonds. The number of methoxy groups -OCH3 is 1. The predicted molar refractivity (Wildman–Crippen MR) is 84.9 cm³/mol. The Labute approximate surface area is 125 Å². The van der Waals surface area contributed by atoms with Crippen LogP contribution < -0.4 is 14.8 Å². The molecule has 0 bridgehead atoms. The number of benzene rings is 2. The van der Waals surface area contributed by atoms with Gasteiger partial charge in [-0.05, 0) is 29.8 Å². The summed E-state index contributed by atoms with van der Waals surface area (Å²) < 4.78 is 30.6. The second-order valence-corrected chi connectivity index (χ2v) is 6.62. The van der Waals surface area contributed by atoms with Crippen molar-refractivity contribution < 1.29 is 13.2 Å². The molecule has 0 spiro atoms. The average Bonchev–Trinajstić information content (AvgIpc) is 2.45. The van der Waals surface area contributed by atoms with Crippen LogP contribution in [0, 0.1) is 0 Å². The molecule has 0 fully saturated rings. The molecule has 0 aliphatic carbocycles. The molecule has 0 radical (unpaired) electrons. The Morgan fingerprint density at radius 1 is 1.14 bits per heavy atom. The van der Waals surface area contributed by atoms with Crippen molar-refractivity contribution in [3.05, 3.63) is 54.1 Å². The first-order valence-corrected chi connectivity index (χ1v) is 8.21. The first-order valence-electron chi connectivity index (χ1n) is 6.36. The minimum Gasteiger partial charge on any atom is -0.497 e. The first kappa shape index (κ1) is 15.2. The summed E-state index contributed by atoms with van der Waals surface area (Å²) in [6.07, 6.45) is 1.18. The second kappa shape index (κ2) is 6.05. The molecule has 2 rings (SSSR count). The highest BCUT2D eigenvalue weighted by Crippen LogP contribution is 2.25. The van der Waals surface area contributed by atoms with Crippen LogP contribution in [0.4, 0.5) is 11.4 Å². The highest BCUT2D eigenvalue weighted by molar-refractivity contribution is 7.92. The smallest absolute Gasteiger partial charge is 0.232 e. The zero-order valence-electron chi connectivity index (χ0n) is 12.0. The van der Waals surface area contributed by atoms with Gasteiger partial charge in [0.2, 0.25) is 10.0 Å². The Morgan fingerprint density at radius 3 is 2.38 bits per heavy atom. The quantitative estimate of drug-likeness (QED) is 0.860. The fourth-order valence-electron chi connectivity index (χ4n) is 1.95. The molecular formula is C15H18N2O3S. The number of nitrogens with two attached hydrogens (primary N) is 1. The van der Waals surface area contributed by atoms with Crippen molar-refractivity contribution in [2.75, 3.05) is 23.4 Å². The van der Waals surface area contributed by atoms with E-state index in [9.17, 15) is 8.42 Å². The van der Waals surface area contributed by atoms with E-state index in [0.717, 1.165) is 5.56 Å². The normalized spacial score (nSPS) is 11.1. The van der Waals surface area contributed by atoms with Crippen LogP contribution in [-0.4, -0.2) is 21.8 Å². The molecule has 0 unspecified atom stereocenters. The highest BCUT2D eigenvalue weighted by atomic mass is 32.2. The van der Waals surface area contributed by atoms with Crippen molar-refractivity contribution in [1.82, 2.24) is 0 Å².